The molecule has 0 saturated heterocycles. The van der Waals surface area contributed by atoms with Crippen molar-refractivity contribution >= 4 is 20.0 Å². The normalized spacial score (nSPS) is 12.8. The monoisotopic (exact) mass is 295 g/mol. The fraction of sp³-hybridized carbons (Fsp3) is 0.818. The Kier molecular flexibility index (Phi) is 9.47. The summed E-state index contributed by atoms with van der Waals surface area (Å²) in [4.78, 5) is 21.9. The molecule has 0 radical (unpaired) electrons. The second-order valence-electron chi connectivity index (χ2n) is 3.52. The van der Waals surface area contributed by atoms with Gasteiger partial charge in [-0.05, 0) is 27.2 Å². The Morgan fingerprint density at radius 1 is 1.21 bits per heavy atom. The molecule has 0 heterocycles. The lowest BCUT2D eigenvalue weighted by molar-refractivity contribution is -0.143. The molecule has 0 saturated carbocycles. The predicted octanol–water partition coefficient (Wildman–Crippen LogP) is 1.67. The number of amides is 1. The highest BCUT2D eigenvalue weighted by atomic mass is 31.2. The molecule has 0 rings (SSSR count). The van der Waals surface area contributed by atoms with Gasteiger partial charge < -0.3 is 19.1 Å². The molecule has 0 aliphatic rings. The highest BCUT2D eigenvalue weighted by Crippen LogP contribution is 2.53. The zero-order chi connectivity index (χ0) is 14.7. The van der Waals surface area contributed by atoms with E-state index < -0.39 is 19.3 Å². The molecule has 19 heavy (non-hydrogen) atoms. The van der Waals surface area contributed by atoms with E-state index in [0.29, 0.717) is 6.41 Å². The first-order valence-electron chi connectivity index (χ1n) is 6.28. The van der Waals surface area contributed by atoms with Crippen LogP contribution in [-0.4, -0.2) is 38.0 Å². The fourth-order valence-corrected chi connectivity index (χ4v) is 3.32. The van der Waals surface area contributed by atoms with Crippen molar-refractivity contribution in [3.63, 3.8) is 0 Å². The summed E-state index contributed by atoms with van der Waals surface area (Å²) in [6, 6.07) is 0. The Morgan fingerprint density at radius 3 is 2.21 bits per heavy atom. The van der Waals surface area contributed by atoms with E-state index >= 15 is 0 Å². The van der Waals surface area contributed by atoms with E-state index in [4.69, 9.17) is 13.8 Å². The summed E-state index contributed by atoms with van der Waals surface area (Å²) in [6.45, 7) is 5.70. The number of nitrogens with one attached hydrogen (secondary N) is 1. The molecule has 1 N–H and O–H groups in total. The van der Waals surface area contributed by atoms with Crippen molar-refractivity contribution in [3.05, 3.63) is 0 Å². The second kappa shape index (κ2) is 9.95. The van der Waals surface area contributed by atoms with E-state index in [-0.39, 0.29) is 32.7 Å². The van der Waals surface area contributed by atoms with Crippen molar-refractivity contribution in [2.75, 3.05) is 19.8 Å². The van der Waals surface area contributed by atoms with Gasteiger partial charge in [0.15, 0.2) is 0 Å². The maximum Gasteiger partial charge on any atom is 0.352 e. The van der Waals surface area contributed by atoms with Gasteiger partial charge in [-0.1, -0.05) is 0 Å². The number of carbonyl (C=O) groups is 2. The summed E-state index contributed by atoms with van der Waals surface area (Å²) in [7, 11) is -3.47. The molecule has 0 aliphatic carbocycles. The zero-order valence-electron chi connectivity index (χ0n) is 11.6. The summed E-state index contributed by atoms with van der Waals surface area (Å²) in [5, 5.41) is 2.39. The van der Waals surface area contributed by atoms with Gasteiger partial charge in [0, 0.05) is 6.42 Å². The molecule has 0 spiro atoms. The highest BCUT2D eigenvalue weighted by molar-refractivity contribution is 7.54. The van der Waals surface area contributed by atoms with Crippen molar-refractivity contribution in [3.8, 4) is 0 Å². The van der Waals surface area contributed by atoms with Crippen LogP contribution in [0.4, 0.5) is 0 Å². The van der Waals surface area contributed by atoms with Gasteiger partial charge in [-0.3, -0.25) is 14.2 Å². The van der Waals surface area contributed by atoms with Gasteiger partial charge in [0.2, 0.25) is 6.41 Å². The molecule has 1 atom stereocenters. The van der Waals surface area contributed by atoms with E-state index in [9.17, 15) is 14.2 Å². The predicted molar refractivity (Wildman–Crippen MR) is 69.7 cm³/mol. The first-order valence-corrected chi connectivity index (χ1v) is 7.89. The SMILES string of the molecule is CCOC(=O)CC[C@H](NC=O)P(=O)(OCC)OCC. The Morgan fingerprint density at radius 2 is 1.79 bits per heavy atom. The molecule has 112 valence electrons. The molecule has 0 aliphatic heterocycles. The fourth-order valence-electron chi connectivity index (χ4n) is 1.48. The van der Waals surface area contributed by atoms with E-state index in [1.807, 2.05) is 0 Å². The van der Waals surface area contributed by atoms with Gasteiger partial charge in [0.25, 0.3) is 0 Å². The summed E-state index contributed by atoms with van der Waals surface area (Å²) in [5.41, 5.74) is 0. The van der Waals surface area contributed by atoms with Crippen LogP contribution in [0.25, 0.3) is 0 Å². The average molecular weight is 295 g/mol. The van der Waals surface area contributed by atoms with Crippen molar-refractivity contribution in [2.45, 2.75) is 39.4 Å². The molecular weight excluding hydrogens is 273 g/mol. The van der Waals surface area contributed by atoms with Crippen LogP contribution in [0.1, 0.15) is 33.6 Å². The van der Waals surface area contributed by atoms with Gasteiger partial charge in [-0.2, -0.15) is 0 Å². The number of rotatable bonds is 11. The molecule has 8 heteroatoms. The molecule has 0 aromatic carbocycles. The van der Waals surface area contributed by atoms with Gasteiger partial charge in [-0.25, -0.2) is 0 Å². The molecule has 0 fully saturated rings. The van der Waals surface area contributed by atoms with Crippen molar-refractivity contribution in [2.24, 2.45) is 0 Å². The first-order chi connectivity index (χ1) is 9.03. The van der Waals surface area contributed by atoms with Crippen molar-refractivity contribution in [1.82, 2.24) is 5.32 Å². The van der Waals surface area contributed by atoms with Gasteiger partial charge in [0.05, 0.1) is 19.8 Å². The second-order valence-corrected chi connectivity index (χ2v) is 5.74. The Labute approximate surface area is 113 Å². The van der Waals surface area contributed by atoms with E-state index in [1.165, 1.54) is 0 Å². The maximum absolute atomic E-state index is 12.5. The van der Waals surface area contributed by atoms with E-state index in [0.717, 1.165) is 0 Å². The Bertz CT molecular complexity index is 312. The number of hydrogen-bond acceptors (Lipinski definition) is 6. The quantitative estimate of drug-likeness (QED) is 0.354. The Hall–Kier alpha value is -0.910. The maximum atomic E-state index is 12.5. The first kappa shape index (κ1) is 18.1. The molecular formula is C11H22NO6P. The van der Waals surface area contributed by atoms with Gasteiger partial charge >= 0.3 is 13.6 Å². The van der Waals surface area contributed by atoms with Crippen LogP contribution in [-0.2, 0) is 27.9 Å². The molecule has 0 aromatic heterocycles. The van der Waals surface area contributed by atoms with E-state index in [1.54, 1.807) is 20.8 Å². The standard InChI is InChI=1S/C11H22NO6P/c1-4-16-11(14)8-7-10(12-9-13)19(15,17-5-2)18-6-3/h9-10H,4-8H2,1-3H3,(H,12,13)/t10-/m1/s1. The topological polar surface area (TPSA) is 90.9 Å². The third-order valence-corrected chi connectivity index (χ3v) is 4.59. The van der Waals surface area contributed by atoms with Crippen LogP contribution in [0, 0.1) is 0 Å². The minimum Gasteiger partial charge on any atom is -0.466 e. The number of esters is 1. The van der Waals surface area contributed by atoms with Crippen LogP contribution in [0.2, 0.25) is 0 Å². The summed E-state index contributed by atoms with van der Waals surface area (Å²) in [6.07, 6.45) is 0.582. The molecule has 0 aromatic rings. The van der Waals surface area contributed by atoms with Crippen LogP contribution in [0.3, 0.4) is 0 Å². The number of hydrogen-bond donors (Lipinski definition) is 1. The van der Waals surface area contributed by atoms with E-state index in [2.05, 4.69) is 5.32 Å². The van der Waals surface area contributed by atoms with Crippen LogP contribution < -0.4 is 5.32 Å². The largest absolute Gasteiger partial charge is 0.466 e. The summed E-state index contributed by atoms with van der Waals surface area (Å²) in [5.74, 6) is -1.27. The average Bonchev–Trinajstić information content (AvgIpc) is 2.35. The molecule has 0 bridgehead atoms. The molecule has 1 amide bonds. The van der Waals surface area contributed by atoms with Gasteiger partial charge in [-0.15, -0.1) is 0 Å². The Balaban J connectivity index is 4.69. The molecule has 7 nitrogen and oxygen atoms in total. The lowest BCUT2D eigenvalue weighted by atomic mass is 10.3. The minimum atomic E-state index is -3.47. The lowest BCUT2D eigenvalue weighted by Crippen LogP contribution is -2.30. The number of ether oxygens (including phenoxy) is 1. The third-order valence-electron chi connectivity index (χ3n) is 2.19. The van der Waals surface area contributed by atoms with Crippen LogP contribution in [0.5, 0.6) is 0 Å². The summed E-state index contributed by atoms with van der Waals surface area (Å²) < 4.78 is 27.5. The van der Waals surface area contributed by atoms with Crippen molar-refractivity contribution < 1.29 is 27.9 Å². The van der Waals surface area contributed by atoms with Crippen LogP contribution >= 0.6 is 7.60 Å². The van der Waals surface area contributed by atoms with Gasteiger partial charge in [0.1, 0.15) is 5.78 Å². The zero-order valence-corrected chi connectivity index (χ0v) is 12.5. The van der Waals surface area contributed by atoms with Crippen LogP contribution in [0.15, 0.2) is 0 Å². The molecule has 0 unspecified atom stereocenters. The highest BCUT2D eigenvalue weighted by Gasteiger charge is 2.35. The number of carbonyl (C=O) groups excluding carboxylic acids is 2. The summed E-state index contributed by atoms with van der Waals surface area (Å²) >= 11 is 0. The smallest absolute Gasteiger partial charge is 0.352 e. The third kappa shape index (κ3) is 6.71. The lowest BCUT2D eigenvalue weighted by Gasteiger charge is -2.25. The minimum absolute atomic E-state index is 0.0312. The van der Waals surface area contributed by atoms with Crippen molar-refractivity contribution in [1.29, 1.82) is 0 Å².